The van der Waals surface area contributed by atoms with E-state index in [4.69, 9.17) is 11.6 Å². The number of rotatable bonds is 1. The minimum atomic E-state index is -3.18. The van der Waals surface area contributed by atoms with Crippen LogP contribution in [0.3, 0.4) is 0 Å². The van der Waals surface area contributed by atoms with Crippen LogP contribution in [0.5, 0.6) is 0 Å². The van der Waals surface area contributed by atoms with Crippen LogP contribution >= 0.6 is 11.6 Å². The van der Waals surface area contributed by atoms with Crippen LogP contribution in [-0.2, 0) is 9.84 Å². The lowest BCUT2D eigenvalue weighted by Crippen LogP contribution is -2.59. The number of sulfone groups is 1. The molecule has 2 atom stereocenters. The van der Waals surface area contributed by atoms with Gasteiger partial charge in [0.25, 0.3) is 5.91 Å². The monoisotopic (exact) mass is 346 g/mol. The van der Waals surface area contributed by atoms with E-state index in [9.17, 15) is 17.6 Å². The second-order valence-electron chi connectivity index (χ2n) is 5.81. The van der Waals surface area contributed by atoms with E-state index in [1.807, 2.05) is 11.9 Å². The van der Waals surface area contributed by atoms with Crippen LogP contribution in [0.4, 0.5) is 4.39 Å². The minimum absolute atomic E-state index is 0.0427. The van der Waals surface area contributed by atoms with Gasteiger partial charge in [0.1, 0.15) is 5.82 Å². The molecule has 2 fully saturated rings. The Kier molecular flexibility index (Phi) is 3.91. The van der Waals surface area contributed by atoms with E-state index >= 15 is 0 Å². The number of nitrogens with zero attached hydrogens (tertiary/aromatic N) is 2. The van der Waals surface area contributed by atoms with Crippen molar-refractivity contribution in [2.24, 2.45) is 0 Å². The number of hydrogen-bond donors (Lipinski definition) is 0. The first kappa shape index (κ1) is 15.7. The van der Waals surface area contributed by atoms with E-state index in [1.54, 1.807) is 0 Å². The highest BCUT2D eigenvalue weighted by molar-refractivity contribution is 7.91. The highest BCUT2D eigenvalue weighted by Gasteiger charge is 2.47. The fourth-order valence-electron chi connectivity index (χ4n) is 3.20. The number of fused-ring (bicyclic) bond motifs is 1. The molecule has 0 aliphatic carbocycles. The number of piperazine rings is 1. The topological polar surface area (TPSA) is 57.7 Å². The molecule has 0 N–H and O–H groups in total. The third-order valence-electron chi connectivity index (χ3n) is 4.38. The number of halogens is 2. The van der Waals surface area contributed by atoms with Crippen molar-refractivity contribution in [3.8, 4) is 0 Å². The number of hydrogen-bond acceptors (Lipinski definition) is 4. The molecular weight excluding hydrogens is 331 g/mol. The number of benzene rings is 1. The minimum Gasteiger partial charge on any atom is -0.332 e. The average molecular weight is 347 g/mol. The first-order valence-electron chi connectivity index (χ1n) is 6.95. The summed E-state index contributed by atoms with van der Waals surface area (Å²) in [6.45, 7) is 0.950. The van der Waals surface area contributed by atoms with Crippen LogP contribution in [0.25, 0.3) is 0 Å². The summed E-state index contributed by atoms with van der Waals surface area (Å²) in [5.41, 5.74) is -0.0722. The fraction of sp³-hybridized carbons (Fsp3) is 0.500. The van der Waals surface area contributed by atoms with Crippen LogP contribution in [-0.4, -0.2) is 67.9 Å². The molecule has 2 aliphatic rings. The Hall–Kier alpha value is -1.18. The first-order chi connectivity index (χ1) is 10.3. The van der Waals surface area contributed by atoms with Crippen LogP contribution in [0.1, 0.15) is 10.4 Å². The third-order valence-corrected chi connectivity index (χ3v) is 6.31. The lowest BCUT2D eigenvalue weighted by atomic mass is 10.0. The van der Waals surface area contributed by atoms with E-state index in [-0.39, 0.29) is 28.1 Å². The molecule has 120 valence electrons. The summed E-state index contributed by atoms with van der Waals surface area (Å²) < 4.78 is 37.8. The summed E-state index contributed by atoms with van der Waals surface area (Å²) in [5.74, 6) is -1.19. The van der Waals surface area contributed by atoms with E-state index in [0.29, 0.717) is 13.1 Å². The molecule has 3 rings (SSSR count). The van der Waals surface area contributed by atoms with Gasteiger partial charge >= 0.3 is 0 Å². The maximum absolute atomic E-state index is 14.0. The van der Waals surface area contributed by atoms with Gasteiger partial charge in [-0.25, -0.2) is 12.8 Å². The average Bonchev–Trinajstić information content (AvgIpc) is 2.75. The molecule has 5 nitrogen and oxygen atoms in total. The molecule has 0 unspecified atom stereocenters. The van der Waals surface area contributed by atoms with Gasteiger partial charge in [0.15, 0.2) is 9.84 Å². The zero-order valence-electron chi connectivity index (χ0n) is 12.0. The predicted molar refractivity (Wildman–Crippen MR) is 81.3 cm³/mol. The largest absolute Gasteiger partial charge is 0.332 e. The van der Waals surface area contributed by atoms with Gasteiger partial charge in [-0.1, -0.05) is 11.6 Å². The van der Waals surface area contributed by atoms with Gasteiger partial charge in [0.05, 0.1) is 23.1 Å². The third kappa shape index (κ3) is 2.73. The Morgan fingerprint density at radius 3 is 2.64 bits per heavy atom. The van der Waals surface area contributed by atoms with E-state index in [0.717, 1.165) is 6.07 Å². The van der Waals surface area contributed by atoms with Gasteiger partial charge in [0.2, 0.25) is 0 Å². The van der Waals surface area contributed by atoms with E-state index in [2.05, 4.69) is 0 Å². The van der Waals surface area contributed by atoms with Gasteiger partial charge in [0, 0.05) is 24.2 Å². The number of carbonyl (C=O) groups is 1. The van der Waals surface area contributed by atoms with E-state index in [1.165, 1.54) is 17.0 Å². The maximum atomic E-state index is 14.0. The lowest BCUT2D eigenvalue weighted by Gasteiger charge is -2.42. The molecule has 1 aromatic carbocycles. The Morgan fingerprint density at radius 1 is 1.27 bits per heavy atom. The molecule has 0 aromatic heterocycles. The molecule has 2 saturated heterocycles. The van der Waals surface area contributed by atoms with E-state index < -0.39 is 27.6 Å². The van der Waals surface area contributed by atoms with Crippen molar-refractivity contribution in [1.29, 1.82) is 0 Å². The van der Waals surface area contributed by atoms with Gasteiger partial charge in [-0.05, 0) is 25.2 Å². The van der Waals surface area contributed by atoms with Crippen molar-refractivity contribution in [1.82, 2.24) is 9.80 Å². The number of likely N-dealkylation sites (N-methyl/N-ethyl adjacent to an activating group) is 1. The van der Waals surface area contributed by atoms with Gasteiger partial charge in [-0.3, -0.25) is 9.69 Å². The van der Waals surface area contributed by atoms with Crippen LogP contribution in [0.15, 0.2) is 18.2 Å². The molecule has 2 aliphatic heterocycles. The fourth-order valence-corrected chi connectivity index (χ4v) is 5.41. The lowest BCUT2D eigenvalue weighted by molar-refractivity contribution is 0.0406. The summed E-state index contributed by atoms with van der Waals surface area (Å²) in [5, 5.41) is 0.216. The number of carbonyl (C=O) groups excluding carboxylic acids is 1. The van der Waals surface area contributed by atoms with Crippen molar-refractivity contribution in [2.45, 2.75) is 12.1 Å². The zero-order valence-corrected chi connectivity index (χ0v) is 13.6. The second-order valence-corrected chi connectivity index (χ2v) is 8.41. The summed E-state index contributed by atoms with van der Waals surface area (Å²) in [4.78, 5) is 16.1. The molecule has 0 bridgehead atoms. The first-order valence-corrected chi connectivity index (χ1v) is 9.15. The Labute approximate surface area is 133 Å². The number of amides is 1. The Balaban J connectivity index is 1.92. The van der Waals surface area contributed by atoms with Crippen molar-refractivity contribution in [2.75, 3.05) is 31.6 Å². The molecule has 0 saturated carbocycles. The molecule has 22 heavy (non-hydrogen) atoms. The normalized spacial score (nSPS) is 27.7. The Morgan fingerprint density at radius 2 is 1.95 bits per heavy atom. The molecule has 0 radical (unpaired) electrons. The highest BCUT2D eigenvalue weighted by Crippen LogP contribution is 2.28. The molecule has 1 aromatic rings. The predicted octanol–water partition coefficient (Wildman–Crippen LogP) is 1.03. The SMILES string of the molecule is CN1CCN(C(=O)c2ccc(Cl)cc2F)[C@@H]2CS(=O)(=O)C[C@@H]21. The smallest absolute Gasteiger partial charge is 0.257 e. The molecule has 0 spiro atoms. The quantitative estimate of drug-likeness (QED) is 0.762. The molecule has 2 heterocycles. The maximum Gasteiger partial charge on any atom is 0.257 e. The van der Waals surface area contributed by atoms with Crippen molar-refractivity contribution in [3.63, 3.8) is 0 Å². The van der Waals surface area contributed by atoms with Gasteiger partial charge < -0.3 is 4.90 Å². The Bertz CT molecular complexity index is 725. The molecule has 1 amide bonds. The van der Waals surface area contributed by atoms with Gasteiger partial charge in [-0.2, -0.15) is 0 Å². The van der Waals surface area contributed by atoms with Crippen LogP contribution in [0, 0.1) is 5.82 Å². The van der Waals surface area contributed by atoms with Crippen LogP contribution < -0.4 is 0 Å². The summed E-state index contributed by atoms with van der Waals surface area (Å²) in [6.07, 6.45) is 0. The summed E-state index contributed by atoms with van der Waals surface area (Å²) in [6, 6.07) is 3.24. The highest BCUT2D eigenvalue weighted by atomic mass is 35.5. The van der Waals surface area contributed by atoms with Crippen LogP contribution in [0.2, 0.25) is 5.02 Å². The molecule has 8 heteroatoms. The van der Waals surface area contributed by atoms with Crippen molar-refractivity contribution >= 4 is 27.3 Å². The van der Waals surface area contributed by atoms with Crippen molar-refractivity contribution < 1.29 is 17.6 Å². The summed E-state index contributed by atoms with van der Waals surface area (Å²) in [7, 11) is -1.33. The second kappa shape index (κ2) is 5.47. The molecular formula is C14H16ClFN2O3S. The van der Waals surface area contributed by atoms with Crippen molar-refractivity contribution in [3.05, 3.63) is 34.6 Å². The summed E-state index contributed by atoms with van der Waals surface area (Å²) >= 11 is 5.70. The standard InChI is InChI=1S/C14H16ClFN2O3S/c1-17-4-5-18(13-8-22(20,21)7-12(13)17)14(19)10-3-2-9(15)6-11(10)16/h2-3,6,12-13H,4-5,7-8H2,1H3/t12-,13+/m0/s1. The van der Waals surface area contributed by atoms with Gasteiger partial charge in [-0.15, -0.1) is 0 Å². The zero-order chi connectivity index (χ0) is 16.1.